The van der Waals surface area contributed by atoms with Crippen molar-refractivity contribution in [1.82, 2.24) is 4.90 Å². The summed E-state index contributed by atoms with van der Waals surface area (Å²) in [5.41, 5.74) is 3.20. The lowest BCUT2D eigenvalue weighted by atomic mass is 10.1. The van der Waals surface area contributed by atoms with Crippen molar-refractivity contribution in [2.45, 2.75) is 67.7 Å². The Labute approximate surface area is 220 Å². The summed E-state index contributed by atoms with van der Waals surface area (Å²) in [6.45, 7) is 18.5. The van der Waals surface area contributed by atoms with E-state index in [1.165, 1.54) is 25.1 Å². The van der Waals surface area contributed by atoms with Crippen LogP contribution in [0.25, 0.3) is 0 Å². The number of Topliss-reactive ketones (excluding diaryl/α,β-unsaturated/α-hetero) is 1. The maximum absolute atomic E-state index is 10.1. The van der Waals surface area contributed by atoms with Gasteiger partial charge in [-0.1, -0.05) is 53.7 Å². The minimum absolute atomic E-state index is 0.213. The highest BCUT2D eigenvalue weighted by Crippen LogP contribution is 2.16. The molecule has 5 nitrogen and oxygen atoms in total. The molecule has 1 atom stereocenters. The van der Waals surface area contributed by atoms with E-state index in [0.29, 0.717) is 0 Å². The summed E-state index contributed by atoms with van der Waals surface area (Å²) in [6, 6.07) is 18.1. The molecule has 5 heteroatoms. The number of anilines is 1. The first-order chi connectivity index (χ1) is 17.3. The van der Waals surface area contributed by atoms with Gasteiger partial charge in [-0.25, -0.2) is 0 Å². The third-order valence-corrected chi connectivity index (χ3v) is 5.76. The zero-order chi connectivity index (χ0) is 27.3. The van der Waals surface area contributed by atoms with E-state index in [0.717, 1.165) is 48.8 Å². The van der Waals surface area contributed by atoms with Crippen molar-refractivity contribution in [2.75, 3.05) is 38.6 Å². The molecule has 1 aliphatic heterocycles. The van der Waals surface area contributed by atoms with Crippen molar-refractivity contribution in [1.29, 1.82) is 5.26 Å². The highest BCUT2D eigenvalue weighted by Gasteiger charge is 2.17. The maximum Gasteiger partial charge on any atom is 0.132 e. The largest absolute Gasteiger partial charge is 0.497 e. The Bertz CT molecular complexity index is 872. The van der Waals surface area contributed by atoms with Crippen molar-refractivity contribution < 1.29 is 9.53 Å². The summed E-state index contributed by atoms with van der Waals surface area (Å²) in [5, 5.41) is 12.1. The average molecular weight is 496 g/mol. The molecule has 0 bridgehead atoms. The minimum Gasteiger partial charge on any atom is -0.497 e. The number of likely N-dealkylation sites (tertiary alicyclic amines) is 1. The molecule has 1 aliphatic rings. The third kappa shape index (κ3) is 15.2. The number of nitrogens with one attached hydrogen (secondary N) is 1. The van der Waals surface area contributed by atoms with Gasteiger partial charge in [0.2, 0.25) is 0 Å². The molecule has 0 radical (unpaired) electrons. The highest BCUT2D eigenvalue weighted by atomic mass is 16.5. The monoisotopic (exact) mass is 495 g/mol. The fourth-order valence-corrected chi connectivity index (χ4v) is 3.29. The first-order valence-corrected chi connectivity index (χ1v) is 13.4. The molecule has 1 fully saturated rings. The molecule has 1 unspecified atom stereocenters. The number of benzene rings is 2. The molecular formula is C31H49N3O2. The van der Waals surface area contributed by atoms with E-state index in [-0.39, 0.29) is 11.7 Å². The highest BCUT2D eigenvalue weighted by molar-refractivity contribution is 5.77. The molecule has 1 heterocycles. The van der Waals surface area contributed by atoms with Crippen LogP contribution in [0, 0.1) is 23.2 Å². The third-order valence-electron chi connectivity index (χ3n) is 5.76. The molecule has 0 aromatic heterocycles. The number of ether oxygens (including phenoxy) is 1. The van der Waals surface area contributed by atoms with Gasteiger partial charge >= 0.3 is 0 Å². The Balaban J connectivity index is 0.000000541. The molecule has 0 aliphatic carbocycles. The molecule has 200 valence electrons. The molecule has 2 aromatic rings. The summed E-state index contributed by atoms with van der Waals surface area (Å²) < 4.78 is 5.05. The zero-order valence-corrected chi connectivity index (χ0v) is 23.9. The number of carbonyl (C=O) groups is 1. The van der Waals surface area contributed by atoms with Crippen LogP contribution in [0.5, 0.6) is 5.75 Å². The van der Waals surface area contributed by atoms with Crippen LogP contribution < -0.4 is 10.1 Å². The molecule has 1 N–H and O–H groups in total. The van der Waals surface area contributed by atoms with Gasteiger partial charge in [0.1, 0.15) is 11.5 Å². The van der Waals surface area contributed by atoms with Crippen molar-refractivity contribution in [3.63, 3.8) is 0 Å². The van der Waals surface area contributed by atoms with Gasteiger partial charge in [-0.2, -0.15) is 5.26 Å². The van der Waals surface area contributed by atoms with Gasteiger partial charge in [0.15, 0.2) is 0 Å². The van der Waals surface area contributed by atoms with Gasteiger partial charge in [-0.05, 0) is 80.6 Å². The molecule has 1 saturated heterocycles. The summed E-state index contributed by atoms with van der Waals surface area (Å²) >= 11 is 0. The molecule has 3 rings (SSSR count). The van der Waals surface area contributed by atoms with E-state index in [4.69, 9.17) is 10.00 Å². The van der Waals surface area contributed by atoms with E-state index >= 15 is 0 Å². The summed E-state index contributed by atoms with van der Waals surface area (Å²) in [5.74, 6) is 2.22. The standard InChI is InChI=1S/C14H18N2.C10H15NO.C5H10O.C2H6/c1-12-5-7-16(11-12)8-6-13-3-2-4-14(9-13)10-15;1-3-8-11-9-4-6-10(12-2)7-5-9;1-4(2)5(3)6;1-2/h2-4,9,12H,5-8,11H2,1H3;4-7,11H,3,8H2,1-2H3;4H,1-3H3;1-2H3. The van der Waals surface area contributed by atoms with Crippen LogP contribution in [-0.4, -0.2) is 44.0 Å². The second-order valence-corrected chi connectivity index (χ2v) is 9.18. The number of hydrogen-bond acceptors (Lipinski definition) is 5. The van der Waals surface area contributed by atoms with Crippen molar-refractivity contribution in [2.24, 2.45) is 11.8 Å². The van der Waals surface area contributed by atoms with Gasteiger partial charge in [0, 0.05) is 31.2 Å². The predicted octanol–water partition coefficient (Wildman–Crippen LogP) is 7.22. The van der Waals surface area contributed by atoms with Crippen molar-refractivity contribution in [3.05, 3.63) is 59.7 Å². The lowest BCUT2D eigenvalue weighted by Crippen LogP contribution is -2.23. The smallest absolute Gasteiger partial charge is 0.132 e. The number of methoxy groups -OCH3 is 1. The maximum atomic E-state index is 10.1. The predicted molar refractivity (Wildman–Crippen MR) is 154 cm³/mol. The number of rotatable bonds is 8. The fraction of sp³-hybridized carbons (Fsp3) is 0.548. The van der Waals surface area contributed by atoms with E-state index < -0.39 is 0 Å². The molecule has 0 saturated carbocycles. The van der Waals surface area contributed by atoms with Crippen LogP contribution in [0.4, 0.5) is 5.69 Å². The first kappa shape index (κ1) is 33.2. The normalized spacial score (nSPS) is 14.2. The quantitative estimate of drug-likeness (QED) is 0.419. The Hall–Kier alpha value is -2.84. The van der Waals surface area contributed by atoms with Crippen LogP contribution in [0.15, 0.2) is 48.5 Å². The van der Waals surface area contributed by atoms with E-state index in [1.807, 2.05) is 70.2 Å². The summed E-state index contributed by atoms with van der Waals surface area (Å²) in [7, 11) is 1.68. The van der Waals surface area contributed by atoms with Crippen LogP contribution in [0.3, 0.4) is 0 Å². The average Bonchev–Trinajstić information content (AvgIpc) is 3.33. The number of nitriles is 1. The summed E-state index contributed by atoms with van der Waals surface area (Å²) in [4.78, 5) is 12.7. The van der Waals surface area contributed by atoms with Gasteiger partial charge in [-0.15, -0.1) is 0 Å². The second-order valence-electron chi connectivity index (χ2n) is 9.18. The minimum atomic E-state index is 0.213. The van der Waals surface area contributed by atoms with E-state index in [2.05, 4.69) is 36.2 Å². The Morgan fingerprint density at radius 2 is 1.83 bits per heavy atom. The topological polar surface area (TPSA) is 65.4 Å². The Morgan fingerprint density at radius 1 is 1.19 bits per heavy atom. The van der Waals surface area contributed by atoms with E-state index in [1.54, 1.807) is 14.0 Å². The van der Waals surface area contributed by atoms with Gasteiger partial charge < -0.3 is 15.0 Å². The number of carbonyl (C=O) groups excluding carboxylic acids is 1. The zero-order valence-electron chi connectivity index (χ0n) is 23.9. The first-order valence-electron chi connectivity index (χ1n) is 13.4. The number of ketones is 1. The van der Waals surface area contributed by atoms with Crippen LogP contribution in [0.2, 0.25) is 0 Å². The number of nitrogens with zero attached hydrogens (tertiary/aromatic N) is 2. The molecule has 0 amide bonds. The lowest BCUT2D eigenvalue weighted by Gasteiger charge is -2.14. The van der Waals surface area contributed by atoms with Crippen molar-refractivity contribution >= 4 is 11.5 Å². The molecule has 36 heavy (non-hydrogen) atoms. The fourth-order valence-electron chi connectivity index (χ4n) is 3.29. The SMILES string of the molecule is CC.CC(=O)C(C)C.CC1CCN(CCc2cccc(C#N)c2)C1.CCCNc1ccc(OC)cc1. The Kier molecular flexibility index (Phi) is 18.8. The van der Waals surface area contributed by atoms with Crippen LogP contribution >= 0.6 is 0 Å². The van der Waals surface area contributed by atoms with E-state index in [9.17, 15) is 4.79 Å². The lowest BCUT2D eigenvalue weighted by molar-refractivity contribution is -0.119. The van der Waals surface area contributed by atoms with Crippen LogP contribution in [0.1, 0.15) is 72.4 Å². The van der Waals surface area contributed by atoms with Gasteiger partial charge in [0.25, 0.3) is 0 Å². The van der Waals surface area contributed by atoms with Crippen LogP contribution in [-0.2, 0) is 11.2 Å². The molecule has 2 aromatic carbocycles. The number of hydrogen-bond donors (Lipinski definition) is 1. The summed E-state index contributed by atoms with van der Waals surface area (Å²) in [6.07, 6.45) is 3.53. The van der Waals surface area contributed by atoms with Crippen molar-refractivity contribution in [3.8, 4) is 11.8 Å². The molecule has 0 spiro atoms. The Morgan fingerprint density at radius 3 is 2.31 bits per heavy atom. The van der Waals surface area contributed by atoms with Gasteiger partial charge in [-0.3, -0.25) is 4.79 Å². The second kappa shape index (κ2) is 20.4. The molecular weight excluding hydrogens is 446 g/mol. The van der Waals surface area contributed by atoms with Gasteiger partial charge in [0.05, 0.1) is 18.7 Å².